The molecule has 1 aromatic carbocycles. The molecule has 1 heterocycles. The number of halogens is 3. The maximum absolute atomic E-state index is 12.2. The highest BCUT2D eigenvalue weighted by Gasteiger charge is 2.28. The van der Waals surface area contributed by atoms with E-state index in [1.165, 1.54) is 12.1 Å². The van der Waals surface area contributed by atoms with Crippen LogP contribution in [0.5, 0.6) is 0 Å². The number of aromatic nitrogens is 2. The van der Waals surface area contributed by atoms with Gasteiger partial charge in [0.05, 0.1) is 6.20 Å². The Labute approximate surface area is 112 Å². The third-order valence-electron chi connectivity index (χ3n) is 2.34. The van der Waals surface area contributed by atoms with E-state index in [9.17, 15) is 13.2 Å². The van der Waals surface area contributed by atoms with E-state index in [1.807, 2.05) is 13.2 Å². The second-order valence-electron chi connectivity index (χ2n) is 3.95. The summed E-state index contributed by atoms with van der Waals surface area (Å²) < 4.78 is 38.1. The van der Waals surface area contributed by atoms with Gasteiger partial charge in [-0.25, -0.2) is 0 Å². The van der Waals surface area contributed by atoms with Crippen LogP contribution in [0.4, 0.5) is 18.9 Å². The summed E-state index contributed by atoms with van der Waals surface area (Å²) in [5, 5.41) is 7.15. The van der Waals surface area contributed by atoms with Crippen molar-refractivity contribution in [3.05, 3.63) is 42.2 Å². The van der Waals surface area contributed by atoms with Gasteiger partial charge in [-0.3, -0.25) is 4.68 Å². The van der Waals surface area contributed by atoms with Crippen LogP contribution >= 0.6 is 11.8 Å². The van der Waals surface area contributed by atoms with Gasteiger partial charge in [0.15, 0.2) is 0 Å². The molecule has 1 N–H and O–H groups in total. The molecule has 0 saturated carbocycles. The van der Waals surface area contributed by atoms with Crippen molar-refractivity contribution in [2.45, 2.75) is 16.9 Å². The van der Waals surface area contributed by atoms with Crippen molar-refractivity contribution in [3.8, 4) is 0 Å². The van der Waals surface area contributed by atoms with Gasteiger partial charge in [-0.05, 0) is 36.0 Å². The normalized spacial score (nSPS) is 11.6. The van der Waals surface area contributed by atoms with E-state index in [-0.39, 0.29) is 16.7 Å². The van der Waals surface area contributed by atoms with Gasteiger partial charge in [-0.15, -0.1) is 0 Å². The van der Waals surface area contributed by atoms with E-state index < -0.39 is 5.51 Å². The molecule has 0 aliphatic rings. The molecule has 0 atom stereocenters. The lowest BCUT2D eigenvalue weighted by atomic mass is 10.3. The number of alkyl halides is 3. The van der Waals surface area contributed by atoms with Gasteiger partial charge in [-0.2, -0.15) is 18.3 Å². The highest BCUT2D eigenvalue weighted by molar-refractivity contribution is 8.00. The first-order valence-corrected chi connectivity index (χ1v) is 6.31. The third kappa shape index (κ3) is 4.51. The first kappa shape index (κ1) is 13.8. The van der Waals surface area contributed by atoms with Gasteiger partial charge in [0.1, 0.15) is 0 Å². The van der Waals surface area contributed by atoms with Crippen molar-refractivity contribution >= 4 is 17.4 Å². The van der Waals surface area contributed by atoms with Crippen LogP contribution < -0.4 is 5.32 Å². The average Bonchev–Trinajstić information content (AvgIpc) is 2.72. The number of rotatable bonds is 4. The van der Waals surface area contributed by atoms with E-state index in [0.29, 0.717) is 6.54 Å². The standard InChI is InChI=1S/C12H12F3N3S/c1-18-8-9(7-17-18)6-16-10-2-4-11(5-3-10)19-12(13,14)15/h2-5,7-8,16H,6H2,1H3. The highest BCUT2D eigenvalue weighted by Crippen LogP contribution is 2.37. The summed E-state index contributed by atoms with van der Waals surface area (Å²) >= 11 is -0.114. The predicted molar refractivity (Wildman–Crippen MR) is 68.9 cm³/mol. The zero-order valence-corrected chi connectivity index (χ0v) is 10.9. The number of benzene rings is 1. The number of thioether (sulfide) groups is 1. The predicted octanol–water partition coefficient (Wildman–Crippen LogP) is 3.64. The van der Waals surface area contributed by atoms with Crippen molar-refractivity contribution in [1.82, 2.24) is 9.78 Å². The maximum atomic E-state index is 12.2. The molecule has 0 saturated heterocycles. The Hall–Kier alpha value is -1.63. The SMILES string of the molecule is Cn1cc(CNc2ccc(SC(F)(F)F)cc2)cn1. The Balaban J connectivity index is 1.91. The fourth-order valence-corrected chi connectivity index (χ4v) is 2.08. The van der Waals surface area contributed by atoms with Crippen molar-refractivity contribution in [1.29, 1.82) is 0 Å². The van der Waals surface area contributed by atoms with Crippen molar-refractivity contribution < 1.29 is 13.2 Å². The van der Waals surface area contributed by atoms with Crippen molar-refractivity contribution in [3.63, 3.8) is 0 Å². The number of hydrogen-bond acceptors (Lipinski definition) is 3. The zero-order valence-electron chi connectivity index (χ0n) is 10.1. The van der Waals surface area contributed by atoms with Gasteiger partial charge in [0.2, 0.25) is 0 Å². The summed E-state index contributed by atoms with van der Waals surface area (Å²) in [6.07, 6.45) is 3.61. The summed E-state index contributed by atoms with van der Waals surface area (Å²) in [6.45, 7) is 0.583. The molecule has 7 heteroatoms. The topological polar surface area (TPSA) is 29.9 Å². The summed E-state index contributed by atoms with van der Waals surface area (Å²) in [6, 6.07) is 6.16. The first-order valence-electron chi connectivity index (χ1n) is 5.49. The minimum absolute atomic E-state index is 0.114. The van der Waals surface area contributed by atoms with Gasteiger partial charge in [0, 0.05) is 35.9 Å². The largest absolute Gasteiger partial charge is 0.446 e. The highest BCUT2D eigenvalue weighted by atomic mass is 32.2. The van der Waals surface area contributed by atoms with E-state index in [1.54, 1.807) is 23.0 Å². The number of nitrogens with zero attached hydrogens (tertiary/aromatic N) is 2. The van der Waals surface area contributed by atoms with Crippen molar-refractivity contribution in [2.24, 2.45) is 7.05 Å². The number of hydrogen-bond donors (Lipinski definition) is 1. The van der Waals surface area contributed by atoms with Crippen LogP contribution in [0.15, 0.2) is 41.6 Å². The number of aryl methyl sites for hydroxylation is 1. The lowest BCUT2D eigenvalue weighted by molar-refractivity contribution is -0.0328. The molecule has 2 aromatic rings. The van der Waals surface area contributed by atoms with Crippen LogP contribution in [0.3, 0.4) is 0 Å². The fraction of sp³-hybridized carbons (Fsp3) is 0.250. The smallest absolute Gasteiger partial charge is 0.381 e. The van der Waals surface area contributed by atoms with E-state index in [2.05, 4.69) is 10.4 Å². The molecule has 0 aliphatic carbocycles. The van der Waals surface area contributed by atoms with Crippen LogP contribution in [-0.2, 0) is 13.6 Å². The van der Waals surface area contributed by atoms with E-state index in [0.717, 1.165) is 11.3 Å². The molecule has 102 valence electrons. The summed E-state index contributed by atoms with van der Waals surface area (Å²) in [4.78, 5) is 0.180. The first-order chi connectivity index (χ1) is 8.92. The van der Waals surface area contributed by atoms with E-state index in [4.69, 9.17) is 0 Å². The Kier molecular flexibility index (Phi) is 4.04. The van der Waals surface area contributed by atoms with Crippen LogP contribution in [0.25, 0.3) is 0 Å². The minimum atomic E-state index is -4.25. The Morgan fingerprint density at radius 2 is 1.95 bits per heavy atom. The molecule has 0 radical (unpaired) electrons. The molecule has 0 bridgehead atoms. The second kappa shape index (κ2) is 5.56. The van der Waals surface area contributed by atoms with Crippen LogP contribution in [-0.4, -0.2) is 15.3 Å². The molecule has 2 rings (SSSR count). The molecular formula is C12H12F3N3S. The van der Waals surface area contributed by atoms with Gasteiger partial charge in [0.25, 0.3) is 0 Å². The zero-order chi connectivity index (χ0) is 13.9. The van der Waals surface area contributed by atoms with E-state index >= 15 is 0 Å². The van der Waals surface area contributed by atoms with Crippen molar-refractivity contribution in [2.75, 3.05) is 5.32 Å². The molecular weight excluding hydrogens is 275 g/mol. The average molecular weight is 287 g/mol. The minimum Gasteiger partial charge on any atom is -0.381 e. The molecule has 0 aliphatic heterocycles. The molecule has 0 amide bonds. The number of nitrogens with one attached hydrogen (secondary N) is 1. The Morgan fingerprint density at radius 3 is 2.47 bits per heavy atom. The monoisotopic (exact) mass is 287 g/mol. The number of anilines is 1. The van der Waals surface area contributed by atoms with Gasteiger partial charge >= 0.3 is 5.51 Å². The third-order valence-corrected chi connectivity index (χ3v) is 3.08. The summed E-state index contributed by atoms with van der Waals surface area (Å²) in [5.41, 5.74) is -2.46. The Morgan fingerprint density at radius 1 is 1.26 bits per heavy atom. The molecule has 19 heavy (non-hydrogen) atoms. The lowest BCUT2D eigenvalue weighted by Gasteiger charge is -2.08. The molecule has 1 aromatic heterocycles. The lowest BCUT2D eigenvalue weighted by Crippen LogP contribution is -2.00. The maximum Gasteiger partial charge on any atom is 0.446 e. The fourth-order valence-electron chi connectivity index (χ4n) is 1.54. The Bertz CT molecular complexity index is 534. The van der Waals surface area contributed by atoms with Gasteiger partial charge in [-0.1, -0.05) is 0 Å². The molecule has 3 nitrogen and oxygen atoms in total. The van der Waals surface area contributed by atoms with Gasteiger partial charge < -0.3 is 5.32 Å². The van der Waals surface area contributed by atoms with Crippen LogP contribution in [0, 0.1) is 0 Å². The quantitative estimate of drug-likeness (QED) is 0.871. The van der Waals surface area contributed by atoms with Crippen LogP contribution in [0.2, 0.25) is 0 Å². The van der Waals surface area contributed by atoms with Crippen LogP contribution in [0.1, 0.15) is 5.56 Å². The molecule has 0 unspecified atom stereocenters. The summed E-state index contributed by atoms with van der Waals surface area (Å²) in [5.74, 6) is 0. The second-order valence-corrected chi connectivity index (χ2v) is 5.09. The molecule has 0 fully saturated rings. The molecule has 0 spiro atoms. The summed E-state index contributed by atoms with van der Waals surface area (Å²) in [7, 11) is 1.83.